The van der Waals surface area contributed by atoms with E-state index in [-0.39, 0.29) is 12.5 Å². The highest BCUT2D eigenvalue weighted by atomic mass is 79.9. The standard InChI is InChI=1S/C13H14BrNO3S/c1-13(12(17)18)4-5-15(8-13)11(16)3-2-9-6-10(14)19-7-9/h2-3,6-7H,4-5,8H2,1H3,(H,17,18). The molecule has 6 heteroatoms. The second kappa shape index (κ2) is 5.46. The van der Waals surface area contributed by atoms with Crippen molar-refractivity contribution < 1.29 is 14.7 Å². The fourth-order valence-electron chi connectivity index (χ4n) is 2.01. The highest BCUT2D eigenvalue weighted by Gasteiger charge is 2.41. The smallest absolute Gasteiger partial charge is 0.311 e. The van der Waals surface area contributed by atoms with Crippen LogP contribution < -0.4 is 0 Å². The summed E-state index contributed by atoms with van der Waals surface area (Å²) in [5, 5.41) is 11.1. The van der Waals surface area contributed by atoms with Crippen LogP contribution >= 0.6 is 27.3 Å². The Kier molecular flexibility index (Phi) is 4.10. The van der Waals surface area contributed by atoms with Crippen LogP contribution in [0.3, 0.4) is 0 Å². The van der Waals surface area contributed by atoms with Crippen LogP contribution in [-0.2, 0) is 9.59 Å². The monoisotopic (exact) mass is 343 g/mol. The number of hydrogen-bond acceptors (Lipinski definition) is 3. The zero-order chi connectivity index (χ0) is 14.0. The Balaban J connectivity index is 1.99. The van der Waals surface area contributed by atoms with Gasteiger partial charge in [0.1, 0.15) is 0 Å². The van der Waals surface area contributed by atoms with Gasteiger partial charge in [-0.25, -0.2) is 0 Å². The van der Waals surface area contributed by atoms with Gasteiger partial charge in [-0.3, -0.25) is 9.59 Å². The maximum absolute atomic E-state index is 12.0. The molecule has 0 aromatic carbocycles. The summed E-state index contributed by atoms with van der Waals surface area (Å²) >= 11 is 4.92. The lowest BCUT2D eigenvalue weighted by molar-refractivity contribution is -0.147. The molecule has 19 heavy (non-hydrogen) atoms. The molecule has 0 bridgehead atoms. The number of amides is 1. The Hall–Kier alpha value is -1.14. The molecular weight excluding hydrogens is 330 g/mol. The summed E-state index contributed by atoms with van der Waals surface area (Å²) in [6, 6.07) is 1.93. The summed E-state index contributed by atoms with van der Waals surface area (Å²) in [6.07, 6.45) is 3.76. The number of hydrogen-bond donors (Lipinski definition) is 1. The molecule has 1 fully saturated rings. The number of thiophene rings is 1. The van der Waals surface area contributed by atoms with Crippen molar-refractivity contribution in [3.05, 3.63) is 26.9 Å². The Bertz CT molecular complexity index is 540. The summed E-state index contributed by atoms with van der Waals surface area (Å²) in [6.45, 7) is 2.46. The fraction of sp³-hybridized carbons (Fsp3) is 0.385. The maximum atomic E-state index is 12.0. The van der Waals surface area contributed by atoms with Gasteiger partial charge in [0.05, 0.1) is 9.20 Å². The molecule has 0 radical (unpaired) electrons. The highest BCUT2D eigenvalue weighted by Crippen LogP contribution is 2.30. The number of rotatable bonds is 3. The number of likely N-dealkylation sites (tertiary alicyclic amines) is 1. The summed E-state index contributed by atoms with van der Waals surface area (Å²) < 4.78 is 1.01. The van der Waals surface area contributed by atoms with Crippen LogP contribution in [0.4, 0.5) is 0 Å². The molecular formula is C13H14BrNO3S. The number of carbonyl (C=O) groups excluding carboxylic acids is 1. The van der Waals surface area contributed by atoms with Gasteiger partial charge in [0.2, 0.25) is 5.91 Å². The SMILES string of the molecule is CC1(C(=O)O)CCN(C(=O)C=Cc2csc(Br)c2)C1. The summed E-state index contributed by atoms with van der Waals surface area (Å²) in [5.41, 5.74) is 0.153. The second-order valence-electron chi connectivity index (χ2n) is 4.89. The molecule has 0 aliphatic carbocycles. The summed E-state index contributed by atoms with van der Waals surface area (Å²) in [7, 11) is 0. The van der Waals surface area contributed by atoms with E-state index in [9.17, 15) is 9.59 Å². The van der Waals surface area contributed by atoms with Crippen molar-refractivity contribution in [3.8, 4) is 0 Å². The molecule has 2 rings (SSSR count). The number of halogens is 1. The molecule has 102 valence electrons. The Morgan fingerprint density at radius 1 is 1.58 bits per heavy atom. The largest absolute Gasteiger partial charge is 0.481 e. The third kappa shape index (κ3) is 3.25. The van der Waals surface area contributed by atoms with Gasteiger partial charge in [0.25, 0.3) is 0 Å². The van der Waals surface area contributed by atoms with Gasteiger partial charge in [0, 0.05) is 19.2 Å². The average molecular weight is 344 g/mol. The van der Waals surface area contributed by atoms with E-state index in [1.807, 2.05) is 11.4 Å². The van der Waals surface area contributed by atoms with Crippen LogP contribution in [0.5, 0.6) is 0 Å². The molecule has 1 aromatic heterocycles. The van der Waals surface area contributed by atoms with Crippen LogP contribution in [0.15, 0.2) is 21.3 Å². The quantitative estimate of drug-likeness (QED) is 0.858. The number of carboxylic acids is 1. The average Bonchev–Trinajstić information content (AvgIpc) is 2.94. The van der Waals surface area contributed by atoms with Gasteiger partial charge >= 0.3 is 5.97 Å². The first kappa shape index (κ1) is 14.3. The molecule has 1 atom stereocenters. The van der Waals surface area contributed by atoms with Crippen LogP contribution in [0.25, 0.3) is 6.08 Å². The summed E-state index contributed by atoms with van der Waals surface area (Å²) in [4.78, 5) is 24.7. The van der Waals surface area contributed by atoms with E-state index in [4.69, 9.17) is 5.11 Å². The zero-order valence-electron chi connectivity index (χ0n) is 10.4. The minimum atomic E-state index is -0.839. The normalized spacial score (nSPS) is 23.2. The lowest BCUT2D eigenvalue weighted by atomic mass is 9.90. The topological polar surface area (TPSA) is 57.6 Å². The molecule has 0 saturated carbocycles. The Labute approximate surface area is 123 Å². The molecule has 1 unspecified atom stereocenters. The van der Waals surface area contributed by atoms with Gasteiger partial charge in [-0.15, -0.1) is 11.3 Å². The number of carbonyl (C=O) groups is 2. The highest BCUT2D eigenvalue weighted by molar-refractivity contribution is 9.11. The van der Waals surface area contributed by atoms with Gasteiger partial charge in [-0.2, -0.15) is 0 Å². The van der Waals surface area contributed by atoms with Crippen LogP contribution in [0.2, 0.25) is 0 Å². The van der Waals surface area contributed by atoms with Crippen molar-refractivity contribution in [2.45, 2.75) is 13.3 Å². The van der Waals surface area contributed by atoms with Crippen molar-refractivity contribution in [3.63, 3.8) is 0 Å². The molecule has 1 N–H and O–H groups in total. The second-order valence-corrected chi connectivity index (χ2v) is 7.18. The van der Waals surface area contributed by atoms with Gasteiger partial charge in [0.15, 0.2) is 0 Å². The van der Waals surface area contributed by atoms with Gasteiger partial charge in [-0.05, 0) is 52.4 Å². The van der Waals surface area contributed by atoms with Crippen molar-refractivity contribution in [1.82, 2.24) is 4.90 Å². The minimum absolute atomic E-state index is 0.132. The van der Waals surface area contributed by atoms with Crippen molar-refractivity contribution in [2.75, 3.05) is 13.1 Å². The van der Waals surface area contributed by atoms with Crippen molar-refractivity contribution >= 4 is 45.2 Å². The zero-order valence-corrected chi connectivity index (χ0v) is 12.8. The van der Waals surface area contributed by atoms with E-state index in [1.165, 1.54) is 6.08 Å². The molecule has 1 aliphatic rings. The van der Waals surface area contributed by atoms with Gasteiger partial charge in [-0.1, -0.05) is 0 Å². The molecule has 0 spiro atoms. The number of aliphatic carboxylic acids is 1. The van der Waals surface area contributed by atoms with E-state index < -0.39 is 11.4 Å². The van der Waals surface area contributed by atoms with Crippen LogP contribution in [-0.4, -0.2) is 35.0 Å². The van der Waals surface area contributed by atoms with E-state index in [0.29, 0.717) is 13.0 Å². The van der Waals surface area contributed by atoms with E-state index in [1.54, 1.807) is 29.2 Å². The van der Waals surface area contributed by atoms with Crippen molar-refractivity contribution in [1.29, 1.82) is 0 Å². The van der Waals surface area contributed by atoms with Gasteiger partial charge < -0.3 is 10.0 Å². The molecule has 1 aromatic rings. The fourth-order valence-corrected chi connectivity index (χ4v) is 3.15. The van der Waals surface area contributed by atoms with Crippen molar-refractivity contribution in [2.24, 2.45) is 5.41 Å². The third-order valence-corrected chi connectivity index (χ3v) is 4.83. The van der Waals surface area contributed by atoms with Crippen LogP contribution in [0.1, 0.15) is 18.9 Å². The third-order valence-electron chi connectivity index (χ3n) is 3.31. The first-order valence-electron chi connectivity index (χ1n) is 5.85. The Morgan fingerprint density at radius 2 is 2.32 bits per heavy atom. The van der Waals surface area contributed by atoms with Crippen LogP contribution in [0, 0.1) is 5.41 Å². The lowest BCUT2D eigenvalue weighted by Crippen LogP contribution is -2.34. The minimum Gasteiger partial charge on any atom is -0.481 e. The molecule has 1 aliphatic heterocycles. The van der Waals surface area contributed by atoms with E-state index in [0.717, 1.165) is 9.35 Å². The maximum Gasteiger partial charge on any atom is 0.311 e. The lowest BCUT2D eigenvalue weighted by Gasteiger charge is -2.18. The summed E-state index contributed by atoms with van der Waals surface area (Å²) in [5.74, 6) is -0.971. The number of nitrogens with zero attached hydrogens (tertiary/aromatic N) is 1. The van der Waals surface area contributed by atoms with E-state index >= 15 is 0 Å². The molecule has 1 saturated heterocycles. The molecule has 1 amide bonds. The first-order valence-corrected chi connectivity index (χ1v) is 7.52. The predicted octanol–water partition coefficient (Wildman–Crippen LogP) is 2.85. The molecule has 2 heterocycles. The predicted molar refractivity (Wildman–Crippen MR) is 78.0 cm³/mol. The number of carboxylic acid groups (broad SMARTS) is 1. The first-order chi connectivity index (χ1) is 8.90. The van der Waals surface area contributed by atoms with E-state index in [2.05, 4.69) is 15.9 Å². The Morgan fingerprint density at radius 3 is 2.84 bits per heavy atom. The molecule has 4 nitrogen and oxygen atoms in total.